The van der Waals surface area contributed by atoms with Gasteiger partial charge in [-0.05, 0) is 0 Å². The maximum atomic E-state index is 3.22. The standard InChI is InChI=1S/C4H10N2.2ClH.5H2O/c1-2-6-4-3-5-1;;;;;;;/h5-6H,1-4H2;2*1H;5*1H2. The average Bonchev–Trinajstić information content (AvgIpc) is 1.72. The minimum Gasteiger partial charge on any atom is -0.412 e. The highest BCUT2D eigenvalue weighted by Gasteiger charge is 1.91. The van der Waals surface area contributed by atoms with Gasteiger partial charge in [-0.15, -0.1) is 24.8 Å². The zero-order chi connectivity index (χ0) is 4.24. The lowest BCUT2D eigenvalue weighted by molar-refractivity contribution is 0.534. The first-order chi connectivity index (χ1) is 3.00. The van der Waals surface area contributed by atoms with Crippen LogP contribution in [0.25, 0.3) is 0 Å². The summed E-state index contributed by atoms with van der Waals surface area (Å²) in [5, 5.41) is 6.44. The van der Waals surface area contributed by atoms with Gasteiger partial charge in [-0.1, -0.05) is 0 Å². The normalized spacial score (nSPS) is 11.1. The highest BCUT2D eigenvalue weighted by Crippen LogP contribution is 1.65. The van der Waals surface area contributed by atoms with Gasteiger partial charge in [0.2, 0.25) is 0 Å². The van der Waals surface area contributed by atoms with Gasteiger partial charge in [0.1, 0.15) is 0 Å². The topological polar surface area (TPSA) is 182 Å². The van der Waals surface area contributed by atoms with Crippen LogP contribution < -0.4 is 10.6 Å². The van der Waals surface area contributed by atoms with E-state index in [9.17, 15) is 0 Å². The van der Waals surface area contributed by atoms with Crippen LogP contribution in [0.1, 0.15) is 0 Å². The molecule has 0 aromatic rings. The maximum Gasteiger partial charge on any atom is 0.00772 e. The Morgan fingerprint density at radius 1 is 0.462 bits per heavy atom. The van der Waals surface area contributed by atoms with Crippen molar-refractivity contribution in [1.29, 1.82) is 0 Å². The van der Waals surface area contributed by atoms with Crippen molar-refractivity contribution in [3.05, 3.63) is 0 Å². The third-order valence-corrected chi connectivity index (χ3v) is 0.957. The summed E-state index contributed by atoms with van der Waals surface area (Å²) in [6, 6.07) is 0. The van der Waals surface area contributed by atoms with E-state index in [1.807, 2.05) is 0 Å². The predicted octanol–water partition coefficient (Wildman–Crippen LogP) is -4.10. The quantitative estimate of drug-likeness (QED) is 0.442. The molecule has 0 amide bonds. The zero-order valence-electron chi connectivity index (χ0n) is 7.14. The molecule has 1 aliphatic rings. The molecule has 0 spiro atoms. The first-order valence-electron chi connectivity index (χ1n) is 2.41. The molecular formula is C4H22Cl2N2O5. The Bertz CT molecular complexity index is 40.0. The van der Waals surface area contributed by atoms with E-state index in [4.69, 9.17) is 0 Å². The molecule has 0 radical (unpaired) electrons. The number of hydrogen-bond acceptors (Lipinski definition) is 2. The second kappa shape index (κ2) is 39.6. The fourth-order valence-corrected chi connectivity index (χ4v) is 0.604. The van der Waals surface area contributed by atoms with Crippen molar-refractivity contribution >= 4 is 24.8 Å². The Kier molecular flexibility index (Phi) is 154. The van der Waals surface area contributed by atoms with Crippen molar-refractivity contribution in [2.75, 3.05) is 26.2 Å². The molecule has 1 fully saturated rings. The van der Waals surface area contributed by atoms with Gasteiger partial charge >= 0.3 is 0 Å². The third-order valence-electron chi connectivity index (χ3n) is 0.957. The highest BCUT2D eigenvalue weighted by atomic mass is 35.5. The smallest absolute Gasteiger partial charge is 0.00772 e. The molecule has 0 aromatic carbocycles. The third kappa shape index (κ3) is 32.9. The molecule has 9 heteroatoms. The van der Waals surface area contributed by atoms with Crippen molar-refractivity contribution in [1.82, 2.24) is 10.6 Å². The van der Waals surface area contributed by atoms with E-state index in [-0.39, 0.29) is 52.2 Å². The Morgan fingerprint density at radius 3 is 0.692 bits per heavy atom. The number of rotatable bonds is 0. The van der Waals surface area contributed by atoms with Gasteiger partial charge in [0.25, 0.3) is 0 Å². The van der Waals surface area contributed by atoms with Gasteiger partial charge in [-0.3, -0.25) is 0 Å². The van der Waals surface area contributed by atoms with E-state index < -0.39 is 0 Å². The first kappa shape index (κ1) is 50.7. The number of nitrogens with one attached hydrogen (secondary N) is 2. The summed E-state index contributed by atoms with van der Waals surface area (Å²) < 4.78 is 0. The van der Waals surface area contributed by atoms with E-state index in [1.165, 1.54) is 0 Å². The summed E-state index contributed by atoms with van der Waals surface area (Å²) in [6.45, 7) is 4.56. The largest absolute Gasteiger partial charge is 0.412 e. The molecule has 1 saturated heterocycles. The molecule has 12 N–H and O–H groups in total. The van der Waals surface area contributed by atoms with Crippen LogP contribution in [-0.4, -0.2) is 53.6 Å². The molecule has 1 rings (SSSR count). The van der Waals surface area contributed by atoms with Crippen molar-refractivity contribution in [2.24, 2.45) is 0 Å². The Hall–Kier alpha value is 0.300. The van der Waals surface area contributed by atoms with Gasteiger partial charge in [0, 0.05) is 26.2 Å². The van der Waals surface area contributed by atoms with Crippen LogP contribution in [0, 0.1) is 0 Å². The van der Waals surface area contributed by atoms with E-state index in [0.717, 1.165) is 26.2 Å². The molecule has 0 saturated carbocycles. The lowest BCUT2D eigenvalue weighted by Crippen LogP contribution is -2.39. The summed E-state index contributed by atoms with van der Waals surface area (Å²) in [6.07, 6.45) is 0. The monoisotopic (exact) mass is 248 g/mol. The molecule has 0 atom stereocenters. The summed E-state index contributed by atoms with van der Waals surface area (Å²) in [7, 11) is 0. The van der Waals surface area contributed by atoms with Crippen LogP contribution in [0.2, 0.25) is 0 Å². The molecule has 0 unspecified atom stereocenters. The van der Waals surface area contributed by atoms with Crippen molar-refractivity contribution in [3.63, 3.8) is 0 Å². The number of piperazine rings is 1. The van der Waals surface area contributed by atoms with Crippen LogP contribution in [0.4, 0.5) is 0 Å². The van der Waals surface area contributed by atoms with Gasteiger partial charge in [-0.25, -0.2) is 0 Å². The second-order valence-electron chi connectivity index (χ2n) is 1.50. The lowest BCUT2D eigenvalue weighted by Gasteiger charge is -2.11. The minimum atomic E-state index is 0. The Balaban J connectivity index is -0.0000000103. The summed E-state index contributed by atoms with van der Waals surface area (Å²) >= 11 is 0. The summed E-state index contributed by atoms with van der Waals surface area (Å²) in [5.74, 6) is 0. The highest BCUT2D eigenvalue weighted by molar-refractivity contribution is 5.85. The number of halogens is 2. The van der Waals surface area contributed by atoms with Crippen molar-refractivity contribution in [2.45, 2.75) is 0 Å². The molecule has 13 heavy (non-hydrogen) atoms. The fourth-order valence-electron chi connectivity index (χ4n) is 0.604. The van der Waals surface area contributed by atoms with Crippen LogP contribution >= 0.6 is 24.8 Å². The molecule has 1 aliphatic heterocycles. The van der Waals surface area contributed by atoms with Crippen LogP contribution in [0.15, 0.2) is 0 Å². The van der Waals surface area contributed by atoms with Crippen molar-refractivity contribution in [3.8, 4) is 0 Å². The molecule has 1 heterocycles. The van der Waals surface area contributed by atoms with Gasteiger partial charge in [-0.2, -0.15) is 0 Å². The average molecular weight is 249 g/mol. The van der Waals surface area contributed by atoms with Crippen LogP contribution in [0.5, 0.6) is 0 Å². The molecule has 0 aliphatic carbocycles. The van der Waals surface area contributed by atoms with Crippen molar-refractivity contribution < 1.29 is 27.4 Å². The van der Waals surface area contributed by atoms with Gasteiger partial charge in [0.05, 0.1) is 0 Å². The molecule has 7 nitrogen and oxygen atoms in total. The summed E-state index contributed by atoms with van der Waals surface area (Å²) in [5.41, 5.74) is 0. The lowest BCUT2D eigenvalue weighted by atomic mass is 10.4. The van der Waals surface area contributed by atoms with E-state index in [0.29, 0.717) is 0 Å². The fraction of sp³-hybridized carbons (Fsp3) is 1.00. The number of hydrogen-bond donors (Lipinski definition) is 2. The van der Waals surface area contributed by atoms with E-state index in [2.05, 4.69) is 10.6 Å². The Morgan fingerprint density at radius 2 is 0.615 bits per heavy atom. The molecule has 92 valence electrons. The minimum absolute atomic E-state index is 0. The summed E-state index contributed by atoms with van der Waals surface area (Å²) in [4.78, 5) is 0. The molecule has 0 aromatic heterocycles. The van der Waals surface area contributed by atoms with Gasteiger partial charge in [0.15, 0.2) is 0 Å². The molecular weight excluding hydrogens is 227 g/mol. The van der Waals surface area contributed by atoms with E-state index in [1.54, 1.807) is 0 Å². The Labute approximate surface area is 89.6 Å². The SMILES string of the molecule is C1CNCCN1.Cl.Cl.O.O.O.O.O. The molecule has 0 bridgehead atoms. The predicted molar refractivity (Wildman–Crippen MR) is 58.3 cm³/mol. The van der Waals surface area contributed by atoms with E-state index >= 15 is 0 Å². The second-order valence-corrected chi connectivity index (χ2v) is 1.50. The first-order valence-corrected chi connectivity index (χ1v) is 2.41. The van der Waals surface area contributed by atoms with Gasteiger partial charge < -0.3 is 38.0 Å². The maximum absolute atomic E-state index is 3.22. The van der Waals surface area contributed by atoms with Crippen LogP contribution in [0.3, 0.4) is 0 Å². The zero-order valence-corrected chi connectivity index (χ0v) is 8.78. The van der Waals surface area contributed by atoms with Crippen LogP contribution in [-0.2, 0) is 0 Å².